The number of benzene rings is 2. The highest BCUT2D eigenvalue weighted by atomic mass is 127. The average Bonchev–Trinajstić information content (AvgIpc) is 2.38. The van der Waals surface area contributed by atoms with E-state index in [9.17, 15) is 8.42 Å². The Morgan fingerprint density at radius 2 is 1.52 bits per heavy atom. The zero-order valence-electron chi connectivity index (χ0n) is 12.2. The van der Waals surface area contributed by atoms with Crippen molar-refractivity contribution in [3.63, 3.8) is 0 Å². The van der Waals surface area contributed by atoms with Crippen molar-refractivity contribution in [2.75, 3.05) is 4.72 Å². The molecule has 0 aliphatic heterocycles. The molecule has 5 heteroatoms. The molecule has 0 aromatic heterocycles. The van der Waals surface area contributed by atoms with Gasteiger partial charge in [0.1, 0.15) is 0 Å². The Morgan fingerprint density at radius 3 is 2.10 bits per heavy atom. The molecular weight excluding hydrogens is 397 g/mol. The Kier molecular flexibility index (Phi) is 4.63. The number of para-hydroxylation sites is 1. The fraction of sp³-hybridized carbons (Fsp3) is 0.250. The molecule has 0 atom stereocenters. The second-order valence-electron chi connectivity index (χ2n) is 5.86. The van der Waals surface area contributed by atoms with Gasteiger partial charge in [0.25, 0.3) is 10.0 Å². The van der Waals surface area contributed by atoms with E-state index in [4.69, 9.17) is 0 Å². The van der Waals surface area contributed by atoms with Gasteiger partial charge in [-0.1, -0.05) is 39.0 Å². The summed E-state index contributed by atoms with van der Waals surface area (Å²) in [6.07, 6.45) is 0. The second-order valence-corrected chi connectivity index (χ2v) is 8.78. The van der Waals surface area contributed by atoms with Crippen molar-refractivity contribution in [1.29, 1.82) is 0 Å². The van der Waals surface area contributed by atoms with Gasteiger partial charge < -0.3 is 0 Å². The molecule has 112 valence electrons. The van der Waals surface area contributed by atoms with Crippen LogP contribution in [-0.4, -0.2) is 8.42 Å². The van der Waals surface area contributed by atoms with Crippen LogP contribution in [0.3, 0.4) is 0 Å². The van der Waals surface area contributed by atoms with E-state index < -0.39 is 10.0 Å². The zero-order chi connectivity index (χ0) is 15.7. The Morgan fingerprint density at radius 1 is 0.952 bits per heavy atom. The van der Waals surface area contributed by atoms with E-state index in [-0.39, 0.29) is 10.3 Å². The van der Waals surface area contributed by atoms with Gasteiger partial charge in [0.05, 0.1) is 10.6 Å². The van der Waals surface area contributed by atoms with Gasteiger partial charge in [-0.15, -0.1) is 0 Å². The number of sulfonamides is 1. The highest BCUT2D eigenvalue weighted by Crippen LogP contribution is 2.30. The van der Waals surface area contributed by atoms with E-state index in [1.165, 1.54) is 0 Å². The van der Waals surface area contributed by atoms with Gasteiger partial charge in [-0.05, 0) is 63.9 Å². The SMILES string of the molecule is CC(C)(C)c1ccccc1NS(=O)(=O)c1ccc(I)cc1. The van der Waals surface area contributed by atoms with Crippen molar-refractivity contribution < 1.29 is 8.42 Å². The normalized spacial score (nSPS) is 12.2. The van der Waals surface area contributed by atoms with E-state index in [0.29, 0.717) is 5.69 Å². The largest absolute Gasteiger partial charge is 0.279 e. The molecule has 2 aromatic rings. The Bertz CT molecular complexity index is 732. The topological polar surface area (TPSA) is 46.2 Å². The van der Waals surface area contributed by atoms with Gasteiger partial charge in [-0.3, -0.25) is 4.72 Å². The van der Waals surface area contributed by atoms with Crippen molar-refractivity contribution in [3.8, 4) is 0 Å². The summed E-state index contributed by atoms with van der Waals surface area (Å²) in [7, 11) is -3.57. The first kappa shape index (κ1) is 16.3. The molecule has 2 rings (SSSR count). The third kappa shape index (κ3) is 3.97. The summed E-state index contributed by atoms with van der Waals surface area (Å²) >= 11 is 2.15. The maximum atomic E-state index is 12.5. The minimum Gasteiger partial charge on any atom is -0.279 e. The molecule has 21 heavy (non-hydrogen) atoms. The Labute approximate surface area is 140 Å². The third-order valence-electron chi connectivity index (χ3n) is 3.10. The van der Waals surface area contributed by atoms with E-state index in [1.54, 1.807) is 30.3 Å². The monoisotopic (exact) mass is 415 g/mol. The molecule has 0 fully saturated rings. The first-order valence-corrected chi connectivity index (χ1v) is 9.14. The molecule has 1 N–H and O–H groups in total. The molecule has 0 bridgehead atoms. The molecule has 0 saturated carbocycles. The van der Waals surface area contributed by atoms with Gasteiger partial charge >= 0.3 is 0 Å². The minimum atomic E-state index is -3.57. The second kappa shape index (κ2) is 5.96. The molecule has 0 spiro atoms. The average molecular weight is 415 g/mol. The van der Waals surface area contributed by atoms with Crippen LogP contribution in [0.2, 0.25) is 0 Å². The van der Waals surface area contributed by atoms with Crippen molar-refractivity contribution in [2.24, 2.45) is 0 Å². The van der Waals surface area contributed by atoms with E-state index in [1.807, 2.05) is 18.2 Å². The van der Waals surface area contributed by atoms with Crippen LogP contribution in [-0.2, 0) is 15.4 Å². The predicted molar refractivity (Wildman–Crippen MR) is 95.1 cm³/mol. The zero-order valence-corrected chi connectivity index (χ0v) is 15.2. The number of anilines is 1. The number of rotatable bonds is 3. The van der Waals surface area contributed by atoms with Crippen molar-refractivity contribution in [1.82, 2.24) is 0 Å². The van der Waals surface area contributed by atoms with Crippen molar-refractivity contribution >= 4 is 38.3 Å². The number of hydrogen-bond acceptors (Lipinski definition) is 2. The van der Waals surface area contributed by atoms with Crippen molar-refractivity contribution in [2.45, 2.75) is 31.1 Å². The van der Waals surface area contributed by atoms with Crippen LogP contribution in [0.15, 0.2) is 53.4 Å². The smallest absolute Gasteiger partial charge is 0.261 e. The van der Waals surface area contributed by atoms with Crippen LogP contribution in [0.25, 0.3) is 0 Å². The molecule has 3 nitrogen and oxygen atoms in total. The van der Waals surface area contributed by atoms with Gasteiger partial charge in [0.2, 0.25) is 0 Å². The Hall–Kier alpha value is -1.08. The predicted octanol–water partition coefficient (Wildman–Crippen LogP) is 4.39. The number of nitrogens with one attached hydrogen (secondary N) is 1. The molecule has 0 amide bonds. The van der Waals surface area contributed by atoms with Gasteiger partial charge in [-0.2, -0.15) is 0 Å². The van der Waals surface area contributed by atoms with Gasteiger partial charge in [0, 0.05) is 3.57 Å². The standard InChI is InChI=1S/C16H18INO2S/c1-16(2,3)14-6-4-5-7-15(14)18-21(19,20)13-10-8-12(17)9-11-13/h4-11,18H,1-3H3. The molecule has 0 heterocycles. The van der Waals surface area contributed by atoms with E-state index >= 15 is 0 Å². The fourth-order valence-electron chi connectivity index (χ4n) is 2.04. The molecule has 0 unspecified atom stereocenters. The maximum Gasteiger partial charge on any atom is 0.261 e. The molecule has 0 radical (unpaired) electrons. The summed E-state index contributed by atoms with van der Waals surface area (Å²) in [5.74, 6) is 0. The van der Waals surface area contributed by atoms with Crippen LogP contribution in [0.5, 0.6) is 0 Å². The lowest BCUT2D eigenvalue weighted by molar-refractivity contribution is 0.590. The van der Waals surface area contributed by atoms with Gasteiger partial charge in [-0.25, -0.2) is 8.42 Å². The first-order valence-electron chi connectivity index (χ1n) is 6.58. The van der Waals surface area contributed by atoms with E-state index in [0.717, 1.165) is 9.13 Å². The van der Waals surface area contributed by atoms with Crippen molar-refractivity contribution in [3.05, 3.63) is 57.7 Å². The maximum absolute atomic E-state index is 12.5. The summed E-state index contributed by atoms with van der Waals surface area (Å²) in [6, 6.07) is 14.3. The molecule has 0 aliphatic carbocycles. The lowest BCUT2D eigenvalue weighted by Gasteiger charge is -2.23. The molecular formula is C16H18INO2S. The van der Waals surface area contributed by atoms with Crippen LogP contribution < -0.4 is 4.72 Å². The Balaban J connectivity index is 2.40. The van der Waals surface area contributed by atoms with Crippen LogP contribution >= 0.6 is 22.6 Å². The third-order valence-corrected chi connectivity index (χ3v) is 5.20. The highest BCUT2D eigenvalue weighted by molar-refractivity contribution is 14.1. The van der Waals surface area contributed by atoms with Crippen LogP contribution in [0.1, 0.15) is 26.3 Å². The molecule has 0 saturated heterocycles. The quantitative estimate of drug-likeness (QED) is 0.756. The summed E-state index contributed by atoms with van der Waals surface area (Å²) in [4.78, 5) is 0.270. The minimum absolute atomic E-state index is 0.134. The number of halogens is 1. The summed E-state index contributed by atoms with van der Waals surface area (Å²) < 4.78 is 28.7. The highest BCUT2D eigenvalue weighted by Gasteiger charge is 2.21. The molecule has 0 aliphatic rings. The van der Waals surface area contributed by atoms with Crippen LogP contribution in [0, 0.1) is 3.57 Å². The summed E-state index contributed by atoms with van der Waals surface area (Å²) in [5.41, 5.74) is 1.47. The summed E-state index contributed by atoms with van der Waals surface area (Å²) in [5, 5.41) is 0. The number of hydrogen-bond donors (Lipinski definition) is 1. The van der Waals surface area contributed by atoms with Crippen LogP contribution in [0.4, 0.5) is 5.69 Å². The van der Waals surface area contributed by atoms with E-state index in [2.05, 4.69) is 48.1 Å². The fourth-order valence-corrected chi connectivity index (χ4v) is 3.48. The van der Waals surface area contributed by atoms with Gasteiger partial charge in [0.15, 0.2) is 0 Å². The first-order chi connectivity index (χ1) is 9.70. The lowest BCUT2D eigenvalue weighted by atomic mass is 9.86. The summed E-state index contributed by atoms with van der Waals surface area (Å²) in [6.45, 7) is 6.18. The molecule has 2 aromatic carbocycles. The lowest BCUT2D eigenvalue weighted by Crippen LogP contribution is -2.19.